The molecule has 2 N–H and O–H groups in total. The van der Waals surface area contributed by atoms with Crippen molar-refractivity contribution in [1.82, 2.24) is 10.6 Å². The topological polar surface area (TPSA) is 54.9 Å². The molecule has 0 fully saturated rings. The van der Waals surface area contributed by atoms with E-state index in [0.717, 1.165) is 18.1 Å². The third kappa shape index (κ3) is 5.51. The van der Waals surface area contributed by atoms with Crippen LogP contribution in [0.2, 0.25) is 0 Å². The molecule has 136 valence electrons. The highest BCUT2D eigenvalue weighted by Gasteiger charge is 2.25. The fourth-order valence-corrected chi connectivity index (χ4v) is 2.78. The molecule has 1 aromatic rings. The van der Waals surface area contributed by atoms with E-state index in [4.69, 9.17) is 9.47 Å². The Hall–Kier alpha value is -1.02. The van der Waals surface area contributed by atoms with E-state index in [1.165, 1.54) is 5.56 Å². The first kappa shape index (κ1) is 21.0. The quantitative estimate of drug-likeness (QED) is 0.423. The van der Waals surface area contributed by atoms with E-state index >= 15 is 0 Å². The van der Waals surface area contributed by atoms with Gasteiger partial charge < -0.3 is 20.1 Å². The first-order valence-corrected chi connectivity index (χ1v) is 8.17. The molecule has 5 nitrogen and oxygen atoms in total. The van der Waals surface area contributed by atoms with E-state index in [0.29, 0.717) is 13.2 Å². The molecule has 2 atom stereocenters. The van der Waals surface area contributed by atoms with Gasteiger partial charge >= 0.3 is 0 Å². The summed E-state index contributed by atoms with van der Waals surface area (Å²) in [7, 11) is 3.54. The van der Waals surface area contributed by atoms with E-state index in [1.807, 2.05) is 18.2 Å². The summed E-state index contributed by atoms with van der Waals surface area (Å²) >= 11 is 0. The molecule has 0 bridgehead atoms. The monoisotopic (exact) mass is 447 g/mol. The zero-order valence-electron chi connectivity index (χ0n) is 15.3. The van der Waals surface area contributed by atoms with Crippen molar-refractivity contribution >= 4 is 29.9 Å². The molecule has 0 saturated carbocycles. The smallest absolute Gasteiger partial charge is 0.191 e. The van der Waals surface area contributed by atoms with Gasteiger partial charge in [0.1, 0.15) is 5.75 Å². The average molecular weight is 447 g/mol. The van der Waals surface area contributed by atoms with Crippen LogP contribution in [0.25, 0.3) is 0 Å². The van der Waals surface area contributed by atoms with Crippen molar-refractivity contribution in [3.63, 3.8) is 0 Å². The SMILES string of the molecule is CN=C(NCC(OC)C(C)(C)C)NC1CCOc2ccccc21.I. The number of nitrogens with zero attached hydrogens (tertiary/aromatic N) is 1. The number of para-hydroxylation sites is 1. The van der Waals surface area contributed by atoms with Gasteiger partial charge in [-0.05, 0) is 11.5 Å². The van der Waals surface area contributed by atoms with Gasteiger partial charge in [0.2, 0.25) is 0 Å². The van der Waals surface area contributed by atoms with Crippen LogP contribution in [0.3, 0.4) is 0 Å². The number of aliphatic imine (C=N–C) groups is 1. The average Bonchev–Trinajstić information content (AvgIpc) is 2.53. The number of benzene rings is 1. The van der Waals surface area contributed by atoms with Crippen LogP contribution in [-0.4, -0.2) is 39.4 Å². The molecule has 0 amide bonds. The van der Waals surface area contributed by atoms with Gasteiger partial charge in [-0.1, -0.05) is 39.0 Å². The second kappa shape index (κ2) is 9.46. The van der Waals surface area contributed by atoms with Gasteiger partial charge in [-0.3, -0.25) is 4.99 Å². The van der Waals surface area contributed by atoms with Crippen molar-refractivity contribution in [2.24, 2.45) is 10.4 Å². The molecule has 1 heterocycles. The number of hydrogen-bond acceptors (Lipinski definition) is 3. The first-order chi connectivity index (χ1) is 11.0. The summed E-state index contributed by atoms with van der Waals surface area (Å²) < 4.78 is 11.3. The molecule has 0 radical (unpaired) electrons. The van der Waals surface area contributed by atoms with Crippen LogP contribution in [-0.2, 0) is 4.74 Å². The number of nitrogens with one attached hydrogen (secondary N) is 2. The number of rotatable bonds is 4. The van der Waals surface area contributed by atoms with Crippen LogP contribution in [0.4, 0.5) is 0 Å². The number of hydrogen-bond donors (Lipinski definition) is 2. The standard InChI is InChI=1S/C18H29N3O2.HI/c1-18(2,3)16(22-5)12-20-17(19-4)21-14-10-11-23-15-9-7-6-8-13(14)15;/h6-9,14,16H,10-12H2,1-5H3,(H2,19,20,21);1H. The summed E-state index contributed by atoms with van der Waals surface area (Å²) in [6, 6.07) is 8.37. The molecule has 0 aromatic heterocycles. The maximum atomic E-state index is 5.71. The third-order valence-corrected chi connectivity index (χ3v) is 4.20. The Kier molecular flexibility index (Phi) is 8.29. The van der Waals surface area contributed by atoms with Crippen molar-refractivity contribution in [3.05, 3.63) is 29.8 Å². The normalized spacial score (nSPS) is 18.7. The summed E-state index contributed by atoms with van der Waals surface area (Å²) in [4.78, 5) is 4.34. The van der Waals surface area contributed by atoms with Gasteiger partial charge in [-0.2, -0.15) is 0 Å². The minimum Gasteiger partial charge on any atom is -0.493 e. The second-order valence-corrected chi connectivity index (χ2v) is 6.92. The fraction of sp³-hybridized carbons (Fsp3) is 0.611. The summed E-state index contributed by atoms with van der Waals surface area (Å²) in [5.74, 6) is 1.74. The summed E-state index contributed by atoms with van der Waals surface area (Å²) in [6.45, 7) is 7.95. The molecule has 24 heavy (non-hydrogen) atoms. The van der Waals surface area contributed by atoms with E-state index < -0.39 is 0 Å². The van der Waals surface area contributed by atoms with Crippen molar-refractivity contribution in [2.45, 2.75) is 39.3 Å². The van der Waals surface area contributed by atoms with Crippen LogP contribution in [0, 0.1) is 5.41 Å². The van der Waals surface area contributed by atoms with Crippen LogP contribution in [0.1, 0.15) is 38.8 Å². The van der Waals surface area contributed by atoms with Gasteiger partial charge in [0, 0.05) is 32.7 Å². The summed E-state index contributed by atoms with van der Waals surface area (Å²) in [5, 5.41) is 6.87. The van der Waals surface area contributed by atoms with Crippen LogP contribution in [0.5, 0.6) is 5.75 Å². The number of halogens is 1. The van der Waals surface area contributed by atoms with E-state index in [-0.39, 0.29) is 41.5 Å². The fourth-order valence-electron chi connectivity index (χ4n) is 2.78. The molecule has 6 heteroatoms. The van der Waals surface area contributed by atoms with Crippen molar-refractivity contribution in [1.29, 1.82) is 0 Å². The Morgan fingerprint density at radius 3 is 2.71 bits per heavy atom. The molecule has 1 aliphatic rings. The van der Waals surface area contributed by atoms with Crippen molar-refractivity contribution in [3.8, 4) is 5.75 Å². The highest BCUT2D eigenvalue weighted by molar-refractivity contribution is 14.0. The van der Waals surface area contributed by atoms with Gasteiger partial charge in [-0.15, -0.1) is 24.0 Å². The molecular weight excluding hydrogens is 417 g/mol. The number of guanidine groups is 1. The first-order valence-electron chi connectivity index (χ1n) is 8.17. The van der Waals surface area contributed by atoms with Gasteiger partial charge in [0.05, 0.1) is 18.8 Å². The van der Waals surface area contributed by atoms with Gasteiger partial charge in [-0.25, -0.2) is 0 Å². The molecule has 0 saturated heterocycles. The Morgan fingerprint density at radius 1 is 1.38 bits per heavy atom. The Labute approximate surface area is 162 Å². The number of methoxy groups -OCH3 is 1. The predicted octanol–water partition coefficient (Wildman–Crippen LogP) is 3.35. The van der Waals surface area contributed by atoms with Crippen molar-refractivity contribution < 1.29 is 9.47 Å². The van der Waals surface area contributed by atoms with Gasteiger partial charge in [0.15, 0.2) is 5.96 Å². The Morgan fingerprint density at radius 2 is 2.08 bits per heavy atom. The minimum absolute atomic E-state index is 0. The van der Waals surface area contributed by atoms with Crippen LogP contribution in [0.15, 0.2) is 29.3 Å². The van der Waals surface area contributed by atoms with E-state index in [1.54, 1.807) is 14.2 Å². The number of fused-ring (bicyclic) bond motifs is 1. The lowest BCUT2D eigenvalue weighted by molar-refractivity contribution is 0.0205. The third-order valence-electron chi connectivity index (χ3n) is 4.20. The summed E-state index contributed by atoms with van der Waals surface area (Å²) in [6.07, 6.45) is 1.04. The molecular formula is C18H30IN3O2. The largest absolute Gasteiger partial charge is 0.493 e. The molecule has 2 unspecified atom stereocenters. The lowest BCUT2D eigenvalue weighted by Gasteiger charge is -2.31. The van der Waals surface area contributed by atoms with Crippen molar-refractivity contribution in [2.75, 3.05) is 27.3 Å². The maximum absolute atomic E-state index is 5.71. The van der Waals surface area contributed by atoms with Crippen LogP contribution < -0.4 is 15.4 Å². The van der Waals surface area contributed by atoms with Gasteiger partial charge in [0.25, 0.3) is 0 Å². The predicted molar refractivity (Wildman–Crippen MR) is 109 cm³/mol. The Bertz CT molecular complexity index is 543. The lowest BCUT2D eigenvalue weighted by atomic mass is 9.89. The highest BCUT2D eigenvalue weighted by Crippen LogP contribution is 2.31. The minimum atomic E-state index is 0. The molecule has 0 spiro atoms. The molecule has 2 rings (SSSR count). The molecule has 1 aliphatic heterocycles. The number of ether oxygens (including phenoxy) is 2. The second-order valence-electron chi connectivity index (χ2n) is 6.92. The zero-order chi connectivity index (χ0) is 16.9. The van der Waals surface area contributed by atoms with Crippen LogP contribution >= 0.6 is 24.0 Å². The Balaban J connectivity index is 0.00000288. The summed E-state index contributed by atoms with van der Waals surface area (Å²) in [5.41, 5.74) is 1.26. The molecule has 1 aromatic carbocycles. The van der Waals surface area contributed by atoms with E-state index in [2.05, 4.69) is 42.5 Å². The van der Waals surface area contributed by atoms with E-state index in [9.17, 15) is 0 Å². The highest BCUT2D eigenvalue weighted by atomic mass is 127. The molecule has 0 aliphatic carbocycles. The zero-order valence-corrected chi connectivity index (χ0v) is 17.6. The lowest BCUT2D eigenvalue weighted by Crippen LogP contribution is -2.46. The maximum Gasteiger partial charge on any atom is 0.191 e.